The van der Waals surface area contributed by atoms with Crippen molar-refractivity contribution >= 4 is 11.0 Å². The predicted molar refractivity (Wildman–Crippen MR) is 106 cm³/mol. The number of benzene rings is 2. The van der Waals surface area contributed by atoms with Crippen molar-refractivity contribution in [1.82, 2.24) is 0 Å². The number of aliphatic hydroxyl groups excluding tert-OH is 3. The van der Waals surface area contributed by atoms with Crippen LogP contribution in [0, 0.1) is 0 Å². The molecule has 0 amide bonds. The first-order valence-electron chi connectivity index (χ1n) is 9.39. The highest BCUT2D eigenvalue weighted by Gasteiger charge is 2.37. The van der Waals surface area contributed by atoms with Gasteiger partial charge in [0.25, 0.3) is 0 Å². The molecule has 1 aliphatic heterocycles. The lowest BCUT2D eigenvalue weighted by molar-refractivity contribution is -0.229. The van der Waals surface area contributed by atoms with Gasteiger partial charge in [-0.25, -0.2) is 0 Å². The van der Waals surface area contributed by atoms with E-state index in [2.05, 4.69) is 0 Å². The average Bonchev–Trinajstić information content (AvgIpc) is 2.72. The van der Waals surface area contributed by atoms with Crippen LogP contribution < -0.4 is 10.2 Å². The quantitative estimate of drug-likeness (QED) is 0.324. The second-order valence-electron chi connectivity index (χ2n) is 7.19. The number of hydrogen-bond acceptors (Lipinski definition) is 10. The summed E-state index contributed by atoms with van der Waals surface area (Å²) >= 11 is 0. The fourth-order valence-corrected chi connectivity index (χ4v) is 3.42. The van der Waals surface area contributed by atoms with Crippen molar-refractivity contribution in [2.75, 3.05) is 6.61 Å². The van der Waals surface area contributed by atoms with Crippen LogP contribution in [-0.4, -0.2) is 61.8 Å². The highest BCUT2D eigenvalue weighted by molar-refractivity contribution is 5.86. The average molecular weight is 432 g/mol. The van der Waals surface area contributed by atoms with Crippen molar-refractivity contribution in [2.24, 2.45) is 0 Å². The molecule has 0 spiro atoms. The number of ether oxygens (including phenoxy) is 2. The number of aliphatic hydroxyl groups is 3. The third kappa shape index (κ3) is 4.01. The molecular weight excluding hydrogens is 412 g/mol. The molecule has 31 heavy (non-hydrogen) atoms. The van der Waals surface area contributed by atoms with Gasteiger partial charge in [-0.15, -0.1) is 0 Å². The fraction of sp³-hybridized carbons (Fsp3) is 0.286. The lowest BCUT2D eigenvalue weighted by atomic mass is 10.0. The van der Waals surface area contributed by atoms with E-state index in [9.17, 15) is 35.4 Å². The van der Waals surface area contributed by atoms with Gasteiger partial charge in [0.15, 0.2) is 16.9 Å². The molecule has 0 saturated carbocycles. The van der Waals surface area contributed by atoms with Crippen molar-refractivity contribution in [1.29, 1.82) is 0 Å². The molecule has 10 heteroatoms. The zero-order valence-electron chi connectivity index (χ0n) is 16.0. The minimum Gasteiger partial charge on any atom is -0.507 e. The van der Waals surface area contributed by atoms with Gasteiger partial charge in [-0.3, -0.25) is 4.79 Å². The van der Waals surface area contributed by atoms with E-state index >= 15 is 0 Å². The smallest absolute Gasteiger partial charge is 0.202 e. The lowest BCUT2D eigenvalue weighted by Gasteiger charge is -2.36. The highest BCUT2D eigenvalue weighted by Crippen LogP contribution is 2.35. The van der Waals surface area contributed by atoms with Crippen molar-refractivity contribution in [2.45, 2.75) is 31.0 Å². The third-order valence-electron chi connectivity index (χ3n) is 5.03. The van der Waals surface area contributed by atoms with Crippen LogP contribution in [-0.2, 0) is 4.74 Å². The van der Waals surface area contributed by atoms with E-state index in [1.165, 1.54) is 30.3 Å². The molecule has 0 bridgehead atoms. The van der Waals surface area contributed by atoms with Crippen LogP contribution in [0.4, 0.5) is 0 Å². The Balaban J connectivity index is 1.70. The normalized spacial score (nSPS) is 23.7. The van der Waals surface area contributed by atoms with E-state index in [4.69, 9.17) is 13.9 Å². The van der Waals surface area contributed by atoms with E-state index in [0.29, 0.717) is 5.56 Å². The molecule has 6 N–H and O–H groups in total. The largest absolute Gasteiger partial charge is 0.507 e. The second kappa shape index (κ2) is 8.08. The van der Waals surface area contributed by atoms with Crippen LogP contribution in [0.1, 0.15) is 6.42 Å². The SMILES string of the molecule is O=c1cc(-c2ccc(O)c(O)c2)oc2cc(O[C@H]3C[C@H](O)[C@H](O)[C@@H](CO)O3)cc(O)c12. The summed E-state index contributed by atoms with van der Waals surface area (Å²) in [5.74, 6) is -0.993. The Labute approximate surface area is 174 Å². The Kier molecular flexibility index (Phi) is 5.46. The van der Waals surface area contributed by atoms with Crippen molar-refractivity contribution in [3.8, 4) is 34.3 Å². The predicted octanol–water partition coefficient (Wildman–Crippen LogP) is 0.785. The topological polar surface area (TPSA) is 170 Å². The molecule has 10 nitrogen and oxygen atoms in total. The molecule has 1 fully saturated rings. The summed E-state index contributed by atoms with van der Waals surface area (Å²) in [7, 11) is 0. The Bertz CT molecular complexity index is 1170. The maximum absolute atomic E-state index is 12.5. The highest BCUT2D eigenvalue weighted by atomic mass is 16.7. The third-order valence-corrected chi connectivity index (χ3v) is 5.03. The van der Waals surface area contributed by atoms with Crippen LogP contribution in [0.3, 0.4) is 0 Å². The number of fused-ring (bicyclic) bond motifs is 1. The molecule has 164 valence electrons. The van der Waals surface area contributed by atoms with Gasteiger partial charge >= 0.3 is 0 Å². The van der Waals surface area contributed by atoms with Gasteiger partial charge in [-0.2, -0.15) is 0 Å². The molecule has 3 aromatic rings. The van der Waals surface area contributed by atoms with Crippen LogP contribution in [0.2, 0.25) is 0 Å². The molecule has 4 atom stereocenters. The van der Waals surface area contributed by atoms with Crippen molar-refractivity contribution < 1.29 is 44.5 Å². The number of phenols is 3. The molecule has 2 aromatic carbocycles. The van der Waals surface area contributed by atoms with E-state index in [-0.39, 0.29) is 34.6 Å². The van der Waals surface area contributed by atoms with Gasteiger partial charge in [-0.05, 0) is 18.2 Å². The van der Waals surface area contributed by atoms with Crippen LogP contribution in [0.5, 0.6) is 23.0 Å². The van der Waals surface area contributed by atoms with E-state index in [1.807, 2.05) is 0 Å². The van der Waals surface area contributed by atoms with E-state index in [1.54, 1.807) is 0 Å². The summed E-state index contributed by atoms with van der Waals surface area (Å²) in [6, 6.07) is 7.56. The minimum atomic E-state index is -1.27. The molecule has 4 rings (SSSR count). The first kappa shape index (κ1) is 20.9. The van der Waals surface area contributed by atoms with E-state index < -0.39 is 48.1 Å². The number of aromatic hydroxyl groups is 3. The van der Waals surface area contributed by atoms with E-state index in [0.717, 1.165) is 6.07 Å². The number of phenolic OH excluding ortho intramolecular Hbond substituents is 3. The van der Waals surface area contributed by atoms with Crippen LogP contribution in [0.15, 0.2) is 45.6 Å². The van der Waals surface area contributed by atoms with Gasteiger partial charge in [0.05, 0.1) is 12.7 Å². The first-order chi connectivity index (χ1) is 14.8. The summed E-state index contributed by atoms with van der Waals surface area (Å²) < 4.78 is 16.7. The number of rotatable bonds is 4. The van der Waals surface area contributed by atoms with Gasteiger partial charge in [0, 0.05) is 30.2 Å². The molecule has 0 unspecified atom stereocenters. The van der Waals surface area contributed by atoms with Crippen LogP contribution >= 0.6 is 0 Å². The van der Waals surface area contributed by atoms with Crippen molar-refractivity contribution in [3.63, 3.8) is 0 Å². The zero-order chi connectivity index (χ0) is 22.3. The number of hydrogen-bond donors (Lipinski definition) is 6. The van der Waals surface area contributed by atoms with Crippen LogP contribution in [0.25, 0.3) is 22.3 Å². The summed E-state index contributed by atoms with van der Waals surface area (Å²) in [6.45, 7) is -0.529. The molecule has 0 radical (unpaired) electrons. The lowest BCUT2D eigenvalue weighted by Crippen LogP contribution is -2.51. The molecule has 2 heterocycles. The first-order valence-corrected chi connectivity index (χ1v) is 9.39. The van der Waals surface area contributed by atoms with Gasteiger partial charge in [0.2, 0.25) is 6.29 Å². The standard InChI is InChI=1S/C21H20O10/c22-8-18-21(28)15(27)7-19(31-18)29-10-4-13(25)20-14(26)6-16(30-17(20)5-10)9-1-2-11(23)12(24)3-9/h1-6,15,18-19,21-25,27-28H,7-8H2/t15-,18+,19+,21-/m0/s1. The maximum Gasteiger partial charge on any atom is 0.202 e. The fourth-order valence-electron chi connectivity index (χ4n) is 3.42. The van der Waals surface area contributed by atoms with Gasteiger partial charge in [0.1, 0.15) is 40.4 Å². The maximum atomic E-state index is 12.5. The summed E-state index contributed by atoms with van der Waals surface area (Å²) in [5, 5.41) is 58.4. The Hall–Kier alpha value is -3.31. The Morgan fingerprint density at radius 3 is 2.48 bits per heavy atom. The Morgan fingerprint density at radius 2 is 1.77 bits per heavy atom. The molecule has 0 aliphatic carbocycles. The van der Waals surface area contributed by atoms with Gasteiger partial charge in [-0.1, -0.05) is 0 Å². The van der Waals surface area contributed by atoms with Crippen molar-refractivity contribution in [3.05, 3.63) is 46.6 Å². The Morgan fingerprint density at radius 1 is 1.00 bits per heavy atom. The molecule has 1 aromatic heterocycles. The van der Waals surface area contributed by atoms with Gasteiger partial charge < -0.3 is 44.5 Å². The monoisotopic (exact) mass is 432 g/mol. The summed E-state index contributed by atoms with van der Waals surface area (Å²) in [5.41, 5.74) is -0.237. The molecule has 1 saturated heterocycles. The minimum absolute atomic E-state index is 0.0137. The summed E-state index contributed by atoms with van der Waals surface area (Å²) in [4.78, 5) is 12.5. The molecule has 1 aliphatic rings. The second-order valence-corrected chi connectivity index (χ2v) is 7.19. The molecular formula is C21H20O10. The summed E-state index contributed by atoms with van der Waals surface area (Å²) in [6.07, 6.45) is -4.62. The zero-order valence-corrected chi connectivity index (χ0v) is 16.0.